The van der Waals surface area contributed by atoms with Crippen molar-refractivity contribution < 1.29 is 4.39 Å². The predicted molar refractivity (Wildman–Crippen MR) is 83.9 cm³/mol. The van der Waals surface area contributed by atoms with Crippen LogP contribution in [0.25, 0.3) is 10.9 Å². The van der Waals surface area contributed by atoms with Gasteiger partial charge in [-0.15, -0.1) is 0 Å². The summed E-state index contributed by atoms with van der Waals surface area (Å²) in [4.78, 5) is 4.49. The molecule has 0 aliphatic carbocycles. The first-order valence-electron chi connectivity index (χ1n) is 6.63. The molecule has 1 heterocycles. The van der Waals surface area contributed by atoms with Crippen molar-refractivity contribution in [2.24, 2.45) is 5.73 Å². The number of aromatic nitrogens is 1. The molecular formula is C17H14ClFN2. The van der Waals surface area contributed by atoms with E-state index in [0.29, 0.717) is 10.6 Å². The highest BCUT2D eigenvalue weighted by molar-refractivity contribution is 6.31. The van der Waals surface area contributed by atoms with E-state index in [-0.39, 0.29) is 5.82 Å². The highest BCUT2D eigenvalue weighted by Crippen LogP contribution is 2.31. The third kappa shape index (κ3) is 2.62. The standard InChI is InChI=1S/C17H14ClFN2/c1-10-8-13(12-4-2-3-5-16(12)21-10)17(20)14-9-11(19)6-7-15(14)18/h2-9,17H,20H2,1H3. The number of halogens is 2. The number of aryl methyl sites for hydroxylation is 1. The second-order valence-electron chi connectivity index (χ2n) is 5.01. The number of para-hydroxylation sites is 1. The maximum absolute atomic E-state index is 13.5. The third-order valence-electron chi connectivity index (χ3n) is 3.50. The second kappa shape index (κ2) is 5.43. The molecule has 0 fully saturated rings. The Hall–Kier alpha value is -1.97. The van der Waals surface area contributed by atoms with E-state index in [4.69, 9.17) is 17.3 Å². The topological polar surface area (TPSA) is 38.9 Å². The van der Waals surface area contributed by atoms with Gasteiger partial charge in [0, 0.05) is 16.1 Å². The summed E-state index contributed by atoms with van der Waals surface area (Å²) >= 11 is 6.17. The van der Waals surface area contributed by atoms with Crippen LogP contribution in [0.5, 0.6) is 0 Å². The van der Waals surface area contributed by atoms with Crippen molar-refractivity contribution in [3.05, 3.63) is 76.2 Å². The Balaban J connectivity index is 2.22. The molecule has 0 aliphatic heterocycles. The molecule has 2 N–H and O–H groups in total. The minimum Gasteiger partial charge on any atom is -0.320 e. The molecule has 0 amide bonds. The van der Waals surface area contributed by atoms with Crippen molar-refractivity contribution in [2.45, 2.75) is 13.0 Å². The quantitative estimate of drug-likeness (QED) is 0.762. The normalized spacial score (nSPS) is 12.6. The van der Waals surface area contributed by atoms with E-state index >= 15 is 0 Å². The van der Waals surface area contributed by atoms with Crippen LogP contribution in [0.2, 0.25) is 5.02 Å². The molecular weight excluding hydrogens is 287 g/mol. The smallest absolute Gasteiger partial charge is 0.123 e. The molecule has 2 nitrogen and oxygen atoms in total. The first-order valence-corrected chi connectivity index (χ1v) is 7.01. The van der Waals surface area contributed by atoms with E-state index in [1.54, 1.807) is 0 Å². The summed E-state index contributed by atoms with van der Waals surface area (Å²) in [6.07, 6.45) is 0. The highest BCUT2D eigenvalue weighted by Gasteiger charge is 2.17. The van der Waals surface area contributed by atoms with E-state index < -0.39 is 6.04 Å². The van der Waals surface area contributed by atoms with E-state index in [1.807, 2.05) is 37.3 Å². The van der Waals surface area contributed by atoms with Gasteiger partial charge in [-0.05, 0) is 48.4 Å². The molecule has 1 atom stereocenters. The zero-order valence-electron chi connectivity index (χ0n) is 11.5. The molecule has 0 radical (unpaired) electrons. The first kappa shape index (κ1) is 14.0. The molecule has 1 aromatic heterocycles. The van der Waals surface area contributed by atoms with Gasteiger partial charge in [0.1, 0.15) is 5.82 Å². The fraction of sp³-hybridized carbons (Fsp3) is 0.118. The van der Waals surface area contributed by atoms with Gasteiger partial charge < -0.3 is 5.73 Å². The molecule has 0 saturated carbocycles. The minimum atomic E-state index is -0.500. The SMILES string of the molecule is Cc1cc(C(N)c2cc(F)ccc2Cl)c2ccccc2n1. The Kier molecular flexibility index (Phi) is 3.62. The molecule has 106 valence electrons. The number of pyridine rings is 1. The molecule has 0 spiro atoms. The maximum atomic E-state index is 13.5. The van der Waals surface area contributed by atoms with Gasteiger partial charge in [-0.1, -0.05) is 29.8 Å². The van der Waals surface area contributed by atoms with Gasteiger partial charge in [0.05, 0.1) is 11.6 Å². The van der Waals surface area contributed by atoms with E-state index in [0.717, 1.165) is 22.2 Å². The molecule has 4 heteroatoms. The van der Waals surface area contributed by atoms with Crippen LogP contribution >= 0.6 is 11.6 Å². The van der Waals surface area contributed by atoms with E-state index in [9.17, 15) is 4.39 Å². The lowest BCUT2D eigenvalue weighted by atomic mass is 9.95. The summed E-state index contributed by atoms with van der Waals surface area (Å²) in [6.45, 7) is 1.91. The van der Waals surface area contributed by atoms with Crippen molar-refractivity contribution in [1.82, 2.24) is 4.98 Å². The fourth-order valence-electron chi connectivity index (χ4n) is 2.52. The van der Waals surface area contributed by atoms with Gasteiger partial charge in [-0.3, -0.25) is 4.98 Å². The molecule has 1 unspecified atom stereocenters. The molecule has 3 rings (SSSR count). The van der Waals surface area contributed by atoms with Crippen LogP contribution in [0.3, 0.4) is 0 Å². The van der Waals surface area contributed by atoms with Crippen LogP contribution in [-0.2, 0) is 0 Å². The van der Waals surface area contributed by atoms with Gasteiger partial charge >= 0.3 is 0 Å². The van der Waals surface area contributed by atoms with Crippen molar-refractivity contribution in [2.75, 3.05) is 0 Å². The van der Waals surface area contributed by atoms with Crippen molar-refractivity contribution in [3.8, 4) is 0 Å². The summed E-state index contributed by atoms with van der Waals surface area (Å²) in [7, 11) is 0. The Morgan fingerprint density at radius 2 is 1.86 bits per heavy atom. The predicted octanol–water partition coefficient (Wildman–Crippen LogP) is 4.38. The van der Waals surface area contributed by atoms with Crippen LogP contribution in [0, 0.1) is 12.7 Å². The monoisotopic (exact) mass is 300 g/mol. The summed E-state index contributed by atoms with van der Waals surface area (Å²) < 4.78 is 13.5. The van der Waals surface area contributed by atoms with Crippen LogP contribution in [0.1, 0.15) is 22.9 Å². The summed E-state index contributed by atoms with van der Waals surface area (Å²) in [5.74, 6) is -0.347. The average molecular weight is 301 g/mol. The van der Waals surface area contributed by atoms with E-state index in [1.165, 1.54) is 18.2 Å². The number of nitrogens with two attached hydrogens (primary N) is 1. The lowest BCUT2D eigenvalue weighted by molar-refractivity contribution is 0.623. The Labute approximate surface area is 127 Å². The van der Waals surface area contributed by atoms with Crippen LogP contribution in [0.4, 0.5) is 4.39 Å². The van der Waals surface area contributed by atoms with Gasteiger partial charge in [-0.2, -0.15) is 0 Å². The van der Waals surface area contributed by atoms with Gasteiger partial charge in [0.25, 0.3) is 0 Å². The number of nitrogens with zero attached hydrogens (tertiary/aromatic N) is 1. The Morgan fingerprint density at radius 3 is 2.67 bits per heavy atom. The second-order valence-corrected chi connectivity index (χ2v) is 5.42. The fourth-order valence-corrected chi connectivity index (χ4v) is 2.75. The number of hydrogen-bond acceptors (Lipinski definition) is 2. The Bertz CT molecular complexity index is 817. The highest BCUT2D eigenvalue weighted by atomic mass is 35.5. The largest absolute Gasteiger partial charge is 0.320 e. The molecule has 0 saturated heterocycles. The van der Waals surface area contributed by atoms with Gasteiger partial charge in [-0.25, -0.2) is 4.39 Å². The molecule has 3 aromatic rings. The van der Waals surface area contributed by atoms with Crippen molar-refractivity contribution >= 4 is 22.5 Å². The van der Waals surface area contributed by atoms with Crippen LogP contribution < -0.4 is 5.73 Å². The summed E-state index contributed by atoms with van der Waals surface area (Å²) in [6, 6.07) is 13.4. The summed E-state index contributed by atoms with van der Waals surface area (Å²) in [5.41, 5.74) is 9.55. The van der Waals surface area contributed by atoms with Gasteiger partial charge in [0.2, 0.25) is 0 Å². The molecule has 21 heavy (non-hydrogen) atoms. The maximum Gasteiger partial charge on any atom is 0.123 e. The lowest BCUT2D eigenvalue weighted by Crippen LogP contribution is -2.14. The number of hydrogen-bond donors (Lipinski definition) is 1. The zero-order valence-corrected chi connectivity index (χ0v) is 12.2. The van der Waals surface area contributed by atoms with Crippen LogP contribution in [-0.4, -0.2) is 4.98 Å². The van der Waals surface area contributed by atoms with Crippen LogP contribution in [0.15, 0.2) is 48.5 Å². The first-order chi connectivity index (χ1) is 10.1. The zero-order chi connectivity index (χ0) is 15.0. The van der Waals surface area contributed by atoms with Crippen molar-refractivity contribution in [1.29, 1.82) is 0 Å². The lowest BCUT2D eigenvalue weighted by Gasteiger charge is -2.17. The third-order valence-corrected chi connectivity index (χ3v) is 3.85. The van der Waals surface area contributed by atoms with Gasteiger partial charge in [0.15, 0.2) is 0 Å². The Morgan fingerprint density at radius 1 is 1.10 bits per heavy atom. The van der Waals surface area contributed by atoms with Crippen molar-refractivity contribution in [3.63, 3.8) is 0 Å². The molecule has 0 bridgehead atoms. The summed E-state index contributed by atoms with van der Waals surface area (Å²) in [5, 5.41) is 1.42. The number of rotatable bonds is 2. The minimum absolute atomic E-state index is 0.347. The molecule has 2 aromatic carbocycles. The number of benzene rings is 2. The molecule has 0 aliphatic rings. The number of fused-ring (bicyclic) bond motifs is 1. The average Bonchev–Trinajstić information content (AvgIpc) is 2.48. The van der Waals surface area contributed by atoms with E-state index in [2.05, 4.69) is 4.98 Å².